The molecule has 4 heteroatoms. The van der Waals surface area contributed by atoms with Crippen LogP contribution in [0.25, 0.3) is 0 Å². The Morgan fingerprint density at radius 2 is 2.20 bits per heavy atom. The lowest BCUT2D eigenvalue weighted by Gasteiger charge is -2.14. The first-order valence-corrected chi connectivity index (χ1v) is 4.90. The highest BCUT2D eigenvalue weighted by Gasteiger charge is 2.10. The maximum atomic E-state index is 13.3. The number of benzene rings is 1. The SMILES string of the molecule is C=C(Cl)CNC(C)c1ccc(F)cc1F. The van der Waals surface area contributed by atoms with Gasteiger partial charge in [-0.25, -0.2) is 8.78 Å². The van der Waals surface area contributed by atoms with E-state index in [-0.39, 0.29) is 6.04 Å². The summed E-state index contributed by atoms with van der Waals surface area (Å²) >= 11 is 5.56. The fourth-order valence-corrected chi connectivity index (χ4v) is 1.30. The lowest BCUT2D eigenvalue weighted by molar-refractivity contribution is 0.532. The average Bonchev–Trinajstić information content (AvgIpc) is 2.14. The molecule has 0 aromatic heterocycles. The monoisotopic (exact) mass is 231 g/mol. The third-order valence-electron chi connectivity index (χ3n) is 2.03. The molecule has 0 heterocycles. The lowest BCUT2D eigenvalue weighted by atomic mass is 10.1. The molecule has 0 bridgehead atoms. The van der Waals surface area contributed by atoms with Crippen LogP contribution in [0.4, 0.5) is 8.78 Å². The molecular weight excluding hydrogens is 220 g/mol. The molecule has 0 aliphatic heterocycles. The predicted octanol–water partition coefficient (Wildman–Crippen LogP) is 3.37. The van der Waals surface area contributed by atoms with E-state index in [9.17, 15) is 8.78 Å². The molecule has 0 radical (unpaired) electrons. The van der Waals surface area contributed by atoms with Crippen LogP contribution >= 0.6 is 11.6 Å². The average molecular weight is 232 g/mol. The molecule has 0 saturated heterocycles. The fraction of sp³-hybridized carbons (Fsp3) is 0.273. The molecule has 0 aliphatic carbocycles. The summed E-state index contributed by atoms with van der Waals surface area (Å²) in [7, 11) is 0. The molecule has 15 heavy (non-hydrogen) atoms. The van der Waals surface area contributed by atoms with Gasteiger partial charge < -0.3 is 5.32 Å². The zero-order chi connectivity index (χ0) is 11.4. The van der Waals surface area contributed by atoms with Gasteiger partial charge in [0.2, 0.25) is 0 Å². The minimum absolute atomic E-state index is 0.235. The Morgan fingerprint density at radius 3 is 2.73 bits per heavy atom. The second-order valence-electron chi connectivity index (χ2n) is 3.29. The fourth-order valence-electron chi connectivity index (χ4n) is 1.23. The predicted molar refractivity (Wildman–Crippen MR) is 57.8 cm³/mol. The smallest absolute Gasteiger partial charge is 0.130 e. The molecular formula is C11H12ClF2N. The minimum Gasteiger partial charge on any atom is -0.305 e. The van der Waals surface area contributed by atoms with Crippen molar-refractivity contribution in [2.24, 2.45) is 0 Å². The Balaban J connectivity index is 2.73. The summed E-state index contributed by atoms with van der Waals surface area (Å²) in [6.07, 6.45) is 0. The van der Waals surface area contributed by atoms with E-state index in [1.54, 1.807) is 6.92 Å². The summed E-state index contributed by atoms with van der Waals surface area (Å²) in [6.45, 7) is 5.67. The van der Waals surface area contributed by atoms with Crippen molar-refractivity contribution < 1.29 is 8.78 Å². The van der Waals surface area contributed by atoms with Gasteiger partial charge in [0, 0.05) is 29.2 Å². The Labute approximate surface area is 92.8 Å². The largest absolute Gasteiger partial charge is 0.305 e. The molecule has 1 nitrogen and oxygen atoms in total. The lowest BCUT2D eigenvalue weighted by Crippen LogP contribution is -2.20. The Kier molecular flexibility index (Phi) is 4.24. The molecule has 0 amide bonds. The van der Waals surface area contributed by atoms with Crippen molar-refractivity contribution >= 4 is 11.6 Å². The van der Waals surface area contributed by atoms with E-state index >= 15 is 0 Å². The van der Waals surface area contributed by atoms with Gasteiger partial charge in [0.1, 0.15) is 11.6 Å². The highest BCUT2D eigenvalue weighted by atomic mass is 35.5. The van der Waals surface area contributed by atoms with E-state index in [0.717, 1.165) is 6.07 Å². The van der Waals surface area contributed by atoms with E-state index in [1.807, 2.05) is 0 Å². The number of nitrogens with one attached hydrogen (secondary N) is 1. The van der Waals surface area contributed by atoms with Gasteiger partial charge in [-0.15, -0.1) is 0 Å². The standard InChI is InChI=1S/C11H12ClF2N/c1-7(12)6-15-8(2)10-4-3-9(13)5-11(10)14/h3-5,8,15H,1,6H2,2H3. The molecule has 1 aromatic rings. The van der Waals surface area contributed by atoms with Crippen LogP contribution < -0.4 is 5.32 Å². The van der Waals surface area contributed by atoms with Crippen LogP contribution in [0.5, 0.6) is 0 Å². The van der Waals surface area contributed by atoms with Crippen LogP contribution in [0.15, 0.2) is 29.8 Å². The van der Waals surface area contributed by atoms with Crippen LogP contribution in [0, 0.1) is 11.6 Å². The number of hydrogen-bond acceptors (Lipinski definition) is 1. The number of halogens is 3. The highest BCUT2D eigenvalue weighted by molar-refractivity contribution is 6.29. The molecule has 1 rings (SSSR count). The van der Waals surface area contributed by atoms with Crippen molar-refractivity contribution in [3.8, 4) is 0 Å². The van der Waals surface area contributed by atoms with E-state index in [0.29, 0.717) is 17.1 Å². The number of hydrogen-bond donors (Lipinski definition) is 1. The van der Waals surface area contributed by atoms with Gasteiger partial charge in [0.05, 0.1) is 0 Å². The second kappa shape index (κ2) is 5.24. The molecule has 0 aliphatic rings. The summed E-state index contributed by atoms with van der Waals surface area (Å²) in [5.41, 5.74) is 0.411. The van der Waals surface area contributed by atoms with Gasteiger partial charge >= 0.3 is 0 Å². The van der Waals surface area contributed by atoms with Crippen molar-refractivity contribution in [1.29, 1.82) is 0 Å². The maximum absolute atomic E-state index is 13.3. The molecule has 0 fully saturated rings. The van der Waals surface area contributed by atoms with Crippen molar-refractivity contribution in [1.82, 2.24) is 5.32 Å². The molecule has 1 unspecified atom stereocenters. The van der Waals surface area contributed by atoms with E-state index < -0.39 is 11.6 Å². The first-order chi connectivity index (χ1) is 7.00. The zero-order valence-electron chi connectivity index (χ0n) is 8.36. The van der Waals surface area contributed by atoms with Gasteiger partial charge in [0.25, 0.3) is 0 Å². The zero-order valence-corrected chi connectivity index (χ0v) is 9.11. The Bertz CT molecular complexity index is 366. The molecule has 1 N–H and O–H groups in total. The summed E-state index contributed by atoms with van der Waals surface area (Å²) in [5, 5.41) is 3.41. The van der Waals surface area contributed by atoms with Crippen molar-refractivity contribution in [3.05, 3.63) is 47.0 Å². The van der Waals surface area contributed by atoms with Crippen LogP contribution in [-0.4, -0.2) is 6.54 Å². The summed E-state index contributed by atoms with van der Waals surface area (Å²) in [5.74, 6) is -1.14. The maximum Gasteiger partial charge on any atom is 0.130 e. The van der Waals surface area contributed by atoms with Crippen LogP contribution in [-0.2, 0) is 0 Å². The molecule has 0 saturated carbocycles. The van der Waals surface area contributed by atoms with Crippen molar-refractivity contribution in [2.75, 3.05) is 6.54 Å². The minimum atomic E-state index is -0.579. The van der Waals surface area contributed by atoms with E-state index in [2.05, 4.69) is 11.9 Å². The molecule has 82 valence electrons. The normalized spacial score (nSPS) is 12.5. The van der Waals surface area contributed by atoms with Gasteiger partial charge in [-0.2, -0.15) is 0 Å². The summed E-state index contributed by atoms with van der Waals surface area (Å²) in [6, 6.07) is 3.27. The van der Waals surface area contributed by atoms with E-state index in [1.165, 1.54) is 12.1 Å². The third-order valence-corrected chi connectivity index (χ3v) is 2.16. The second-order valence-corrected chi connectivity index (χ2v) is 3.82. The summed E-state index contributed by atoms with van der Waals surface area (Å²) in [4.78, 5) is 0. The molecule has 1 atom stereocenters. The van der Waals surface area contributed by atoms with Crippen molar-refractivity contribution in [2.45, 2.75) is 13.0 Å². The van der Waals surface area contributed by atoms with Gasteiger partial charge in [0.15, 0.2) is 0 Å². The Hall–Kier alpha value is -0.930. The van der Waals surface area contributed by atoms with Gasteiger partial charge in [-0.3, -0.25) is 0 Å². The first kappa shape index (κ1) is 12.1. The number of rotatable bonds is 4. The van der Waals surface area contributed by atoms with Gasteiger partial charge in [-0.1, -0.05) is 24.2 Å². The van der Waals surface area contributed by atoms with Crippen LogP contribution in [0.2, 0.25) is 0 Å². The van der Waals surface area contributed by atoms with Gasteiger partial charge in [-0.05, 0) is 13.0 Å². The summed E-state index contributed by atoms with van der Waals surface area (Å²) < 4.78 is 25.9. The third kappa shape index (κ3) is 3.61. The van der Waals surface area contributed by atoms with Crippen LogP contribution in [0.3, 0.4) is 0 Å². The highest BCUT2D eigenvalue weighted by Crippen LogP contribution is 2.17. The first-order valence-electron chi connectivity index (χ1n) is 4.52. The Morgan fingerprint density at radius 1 is 1.53 bits per heavy atom. The molecule has 0 spiro atoms. The van der Waals surface area contributed by atoms with Crippen molar-refractivity contribution in [3.63, 3.8) is 0 Å². The molecule has 1 aromatic carbocycles. The quantitative estimate of drug-likeness (QED) is 0.838. The van der Waals surface area contributed by atoms with Crippen LogP contribution in [0.1, 0.15) is 18.5 Å². The topological polar surface area (TPSA) is 12.0 Å². The van der Waals surface area contributed by atoms with E-state index in [4.69, 9.17) is 11.6 Å².